The average Bonchev–Trinajstić information content (AvgIpc) is 3.18. The number of aromatic amines is 1. The number of para-hydroxylation sites is 2. The molecule has 6 nitrogen and oxygen atoms in total. The Kier molecular flexibility index (Phi) is 5.19. The number of benzene rings is 2. The summed E-state index contributed by atoms with van der Waals surface area (Å²) in [5.41, 5.74) is 2.90. The van der Waals surface area contributed by atoms with Crippen molar-refractivity contribution in [1.82, 2.24) is 14.9 Å². The zero-order valence-corrected chi connectivity index (χ0v) is 16.3. The smallest absolute Gasteiger partial charge is 0.227 e. The third-order valence-corrected chi connectivity index (χ3v) is 5.40. The number of nitrogens with zero attached hydrogens (tertiary/aromatic N) is 2. The lowest BCUT2D eigenvalue weighted by Crippen LogP contribution is -2.40. The highest BCUT2D eigenvalue weighted by Gasteiger charge is 2.27. The summed E-state index contributed by atoms with van der Waals surface area (Å²) >= 11 is 0. The fourth-order valence-corrected chi connectivity index (χ4v) is 3.87. The van der Waals surface area contributed by atoms with Gasteiger partial charge in [0, 0.05) is 30.6 Å². The third kappa shape index (κ3) is 3.67. The van der Waals surface area contributed by atoms with Gasteiger partial charge in [0.2, 0.25) is 5.91 Å². The number of imidazole rings is 1. The number of hydrogen-bond acceptors (Lipinski definition) is 4. The lowest BCUT2D eigenvalue weighted by atomic mass is 9.96. The Bertz CT molecular complexity index is 949. The normalized spacial score (nSPS) is 16.9. The van der Waals surface area contributed by atoms with Crippen molar-refractivity contribution in [2.75, 3.05) is 27.3 Å². The summed E-state index contributed by atoms with van der Waals surface area (Å²) in [6.45, 7) is 1.48. The number of amides is 1. The van der Waals surface area contributed by atoms with Gasteiger partial charge in [-0.1, -0.05) is 18.2 Å². The van der Waals surface area contributed by atoms with Crippen LogP contribution in [0.3, 0.4) is 0 Å². The van der Waals surface area contributed by atoms with Crippen LogP contribution in [0.25, 0.3) is 11.0 Å². The number of fused-ring (bicyclic) bond motifs is 1. The summed E-state index contributed by atoms with van der Waals surface area (Å²) < 4.78 is 10.7. The van der Waals surface area contributed by atoms with Gasteiger partial charge >= 0.3 is 0 Å². The number of carbonyl (C=O) groups is 1. The van der Waals surface area contributed by atoms with E-state index in [0.29, 0.717) is 18.7 Å². The van der Waals surface area contributed by atoms with E-state index in [2.05, 4.69) is 4.98 Å². The van der Waals surface area contributed by atoms with Gasteiger partial charge in [0.15, 0.2) is 0 Å². The number of rotatable bonds is 5. The highest BCUT2D eigenvalue weighted by Crippen LogP contribution is 2.29. The first-order chi connectivity index (χ1) is 13.7. The Labute approximate surface area is 164 Å². The molecule has 2 heterocycles. The van der Waals surface area contributed by atoms with Crippen molar-refractivity contribution in [3.05, 3.63) is 53.9 Å². The van der Waals surface area contributed by atoms with Gasteiger partial charge in [0.05, 0.1) is 31.7 Å². The van der Waals surface area contributed by atoms with Gasteiger partial charge < -0.3 is 19.4 Å². The molecule has 0 spiro atoms. The van der Waals surface area contributed by atoms with E-state index in [9.17, 15) is 4.79 Å². The van der Waals surface area contributed by atoms with Gasteiger partial charge in [-0.15, -0.1) is 0 Å². The molecule has 1 aliphatic rings. The van der Waals surface area contributed by atoms with Crippen LogP contribution in [-0.2, 0) is 11.2 Å². The van der Waals surface area contributed by atoms with E-state index in [4.69, 9.17) is 14.5 Å². The van der Waals surface area contributed by atoms with Crippen molar-refractivity contribution in [2.45, 2.75) is 25.2 Å². The Morgan fingerprint density at radius 1 is 1.21 bits per heavy atom. The maximum absolute atomic E-state index is 12.9. The lowest BCUT2D eigenvalue weighted by Gasteiger charge is -2.32. The fourth-order valence-electron chi connectivity index (χ4n) is 3.87. The molecule has 1 aliphatic heterocycles. The molecule has 0 aliphatic carbocycles. The summed E-state index contributed by atoms with van der Waals surface area (Å²) in [5, 5.41) is 0. The monoisotopic (exact) mass is 379 g/mol. The van der Waals surface area contributed by atoms with Gasteiger partial charge in [-0.25, -0.2) is 4.98 Å². The molecule has 28 heavy (non-hydrogen) atoms. The molecule has 0 unspecified atom stereocenters. The number of hydrogen-bond donors (Lipinski definition) is 1. The molecule has 1 N–H and O–H groups in total. The van der Waals surface area contributed by atoms with Crippen LogP contribution in [0.2, 0.25) is 0 Å². The standard InChI is InChI=1S/C22H25N3O3/c1-27-17-10-9-15(20(13-17)28-2)12-21(26)25-11-5-6-16(14-25)22-23-18-7-3-4-8-19(18)24-22/h3-4,7-10,13,16H,5-6,11-12,14H2,1-2H3,(H,23,24)/t16-/m1/s1. The molecule has 3 aromatic rings. The van der Waals surface area contributed by atoms with Crippen LogP contribution < -0.4 is 9.47 Å². The van der Waals surface area contributed by atoms with Crippen LogP contribution in [-0.4, -0.2) is 48.1 Å². The molecule has 1 amide bonds. The number of piperidine rings is 1. The van der Waals surface area contributed by atoms with Crippen LogP contribution in [0.5, 0.6) is 11.5 Å². The predicted octanol–water partition coefficient (Wildman–Crippen LogP) is 3.53. The van der Waals surface area contributed by atoms with E-state index in [1.165, 1.54) is 0 Å². The second kappa shape index (κ2) is 7.92. The molecular weight excluding hydrogens is 354 g/mol. The van der Waals surface area contributed by atoms with Crippen LogP contribution >= 0.6 is 0 Å². The van der Waals surface area contributed by atoms with Crippen molar-refractivity contribution < 1.29 is 14.3 Å². The van der Waals surface area contributed by atoms with Crippen molar-refractivity contribution in [1.29, 1.82) is 0 Å². The topological polar surface area (TPSA) is 67.5 Å². The molecule has 1 saturated heterocycles. The van der Waals surface area contributed by atoms with Crippen molar-refractivity contribution in [2.24, 2.45) is 0 Å². The van der Waals surface area contributed by atoms with Gasteiger partial charge in [-0.2, -0.15) is 0 Å². The van der Waals surface area contributed by atoms with Crippen molar-refractivity contribution in [3.63, 3.8) is 0 Å². The van der Waals surface area contributed by atoms with Crippen LogP contribution in [0, 0.1) is 0 Å². The molecule has 4 rings (SSSR count). The Hall–Kier alpha value is -3.02. The molecule has 1 fully saturated rings. The summed E-state index contributed by atoms with van der Waals surface area (Å²) in [6.07, 6.45) is 2.34. The zero-order valence-electron chi connectivity index (χ0n) is 16.3. The minimum Gasteiger partial charge on any atom is -0.497 e. The molecule has 1 aromatic heterocycles. The Balaban J connectivity index is 1.47. The number of likely N-dealkylation sites (tertiary alicyclic amines) is 1. The molecule has 0 radical (unpaired) electrons. The van der Waals surface area contributed by atoms with Crippen molar-refractivity contribution >= 4 is 16.9 Å². The SMILES string of the molecule is COc1ccc(CC(=O)N2CCC[C@@H](c3nc4ccccc4[nH]3)C2)c(OC)c1. The summed E-state index contributed by atoms with van der Waals surface area (Å²) in [4.78, 5) is 23.1. The maximum atomic E-state index is 12.9. The zero-order chi connectivity index (χ0) is 19.5. The predicted molar refractivity (Wildman–Crippen MR) is 108 cm³/mol. The second-order valence-corrected chi connectivity index (χ2v) is 7.17. The quantitative estimate of drug-likeness (QED) is 0.736. The lowest BCUT2D eigenvalue weighted by molar-refractivity contribution is -0.131. The van der Waals surface area contributed by atoms with Gasteiger partial charge in [-0.05, 0) is 31.0 Å². The minimum atomic E-state index is 0.115. The first-order valence-corrected chi connectivity index (χ1v) is 9.61. The van der Waals surface area contributed by atoms with Crippen LogP contribution in [0.4, 0.5) is 0 Å². The molecular formula is C22H25N3O3. The molecule has 6 heteroatoms. The van der Waals surface area contributed by atoms with E-state index >= 15 is 0 Å². The summed E-state index contributed by atoms with van der Waals surface area (Å²) in [6, 6.07) is 13.6. The fraction of sp³-hybridized carbons (Fsp3) is 0.364. The number of carbonyl (C=O) groups excluding carboxylic acids is 1. The Morgan fingerprint density at radius 2 is 2.07 bits per heavy atom. The van der Waals surface area contributed by atoms with Gasteiger partial charge in [0.25, 0.3) is 0 Å². The first-order valence-electron chi connectivity index (χ1n) is 9.61. The minimum absolute atomic E-state index is 0.115. The molecule has 1 atom stereocenters. The molecule has 2 aromatic carbocycles. The second-order valence-electron chi connectivity index (χ2n) is 7.17. The Morgan fingerprint density at radius 3 is 2.86 bits per heavy atom. The number of H-pyrrole nitrogens is 1. The highest BCUT2D eigenvalue weighted by atomic mass is 16.5. The van der Waals surface area contributed by atoms with E-state index in [-0.39, 0.29) is 11.8 Å². The largest absolute Gasteiger partial charge is 0.497 e. The van der Waals surface area contributed by atoms with E-state index in [1.807, 2.05) is 47.4 Å². The summed E-state index contributed by atoms with van der Waals surface area (Å²) in [5.74, 6) is 2.72. The number of nitrogens with one attached hydrogen (secondary N) is 1. The first kappa shape index (κ1) is 18.3. The van der Waals surface area contributed by atoms with E-state index in [0.717, 1.165) is 47.6 Å². The van der Waals surface area contributed by atoms with Crippen LogP contribution in [0.1, 0.15) is 30.1 Å². The number of methoxy groups -OCH3 is 2. The molecule has 0 saturated carbocycles. The van der Waals surface area contributed by atoms with Crippen LogP contribution in [0.15, 0.2) is 42.5 Å². The molecule has 146 valence electrons. The third-order valence-electron chi connectivity index (χ3n) is 5.40. The van der Waals surface area contributed by atoms with Gasteiger partial charge in [0.1, 0.15) is 17.3 Å². The van der Waals surface area contributed by atoms with E-state index < -0.39 is 0 Å². The maximum Gasteiger partial charge on any atom is 0.227 e. The van der Waals surface area contributed by atoms with Gasteiger partial charge in [-0.3, -0.25) is 4.79 Å². The average molecular weight is 379 g/mol. The number of ether oxygens (including phenoxy) is 2. The number of aromatic nitrogens is 2. The highest BCUT2D eigenvalue weighted by molar-refractivity contribution is 5.80. The van der Waals surface area contributed by atoms with Crippen molar-refractivity contribution in [3.8, 4) is 11.5 Å². The molecule has 0 bridgehead atoms. The van der Waals surface area contributed by atoms with E-state index in [1.54, 1.807) is 14.2 Å². The summed E-state index contributed by atoms with van der Waals surface area (Å²) in [7, 11) is 3.23.